The molecular weight excluding hydrogens is 255 g/mol. The van der Waals surface area contributed by atoms with E-state index in [1.54, 1.807) is 0 Å². The van der Waals surface area contributed by atoms with Crippen molar-refractivity contribution in [2.24, 2.45) is 5.41 Å². The number of nitrogen functional groups attached to an aromatic ring is 1. The van der Waals surface area contributed by atoms with E-state index in [1.807, 2.05) is 6.92 Å². The van der Waals surface area contributed by atoms with Gasteiger partial charge >= 0.3 is 0 Å². The molecule has 0 radical (unpaired) electrons. The van der Waals surface area contributed by atoms with Crippen molar-refractivity contribution in [1.82, 2.24) is 4.72 Å². The average molecular weight is 272 g/mol. The highest BCUT2D eigenvalue weighted by molar-refractivity contribution is 7.89. The minimum atomic E-state index is -3.69. The number of sulfonamides is 1. The first-order valence-corrected chi connectivity index (χ1v) is 7.27. The largest absolute Gasteiger partial charge is 0.398 e. The van der Waals surface area contributed by atoms with E-state index in [0.29, 0.717) is 6.54 Å². The summed E-state index contributed by atoms with van der Waals surface area (Å²) in [7, 11) is -3.69. The van der Waals surface area contributed by atoms with E-state index in [9.17, 15) is 12.8 Å². The Hall–Kier alpha value is -1.14. The van der Waals surface area contributed by atoms with Gasteiger partial charge in [0.05, 0.1) is 4.90 Å². The van der Waals surface area contributed by atoms with Crippen LogP contribution in [0.5, 0.6) is 0 Å². The van der Waals surface area contributed by atoms with Gasteiger partial charge in [0, 0.05) is 17.8 Å². The van der Waals surface area contributed by atoms with Gasteiger partial charge in [0.1, 0.15) is 5.82 Å². The van der Waals surface area contributed by atoms with Crippen LogP contribution in [-0.4, -0.2) is 15.0 Å². The van der Waals surface area contributed by atoms with Gasteiger partial charge in [-0.05, 0) is 37.3 Å². The van der Waals surface area contributed by atoms with E-state index in [-0.39, 0.29) is 21.6 Å². The van der Waals surface area contributed by atoms with Gasteiger partial charge in [-0.1, -0.05) is 6.92 Å². The Morgan fingerprint density at radius 1 is 1.44 bits per heavy atom. The van der Waals surface area contributed by atoms with Crippen LogP contribution < -0.4 is 10.5 Å². The van der Waals surface area contributed by atoms with Crippen LogP contribution >= 0.6 is 0 Å². The highest BCUT2D eigenvalue weighted by Crippen LogP contribution is 2.44. The lowest BCUT2D eigenvalue weighted by Gasteiger charge is -2.12. The molecular formula is C12H17FN2O2S. The summed E-state index contributed by atoms with van der Waals surface area (Å²) in [5, 5.41) is 0. The molecule has 0 unspecified atom stereocenters. The first kappa shape index (κ1) is 13.3. The zero-order valence-corrected chi connectivity index (χ0v) is 11.3. The third kappa shape index (κ3) is 2.64. The Labute approximate surface area is 106 Å². The quantitative estimate of drug-likeness (QED) is 0.821. The molecule has 6 heteroatoms. The van der Waals surface area contributed by atoms with Crippen LogP contribution in [0.25, 0.3) is 0 Å². The van der Waals surface area contributed by atoms with E-state index < -0.39 is 15.8 Å². The monoisotopic (exact) mass is 272 g/mol. The van der Waals surface area contributed by atoms with E-state index in [2.05, 4.69) is 4.72 Å². The number of benzene rings is 1. The zero-order valence-electron chi connectivity index (χ0n) is 10.5. The molecule has 0 aliphatic heterocycles. The molecule has 1 aromatic carbocycles. The van der Waals surface area contributed by atoms with Gasteiger partial charge in [0.25, 0.3) is 0 Å². The van der Waals surface area contributed by atoms with Gasteiger partial charge in [-0.2, -0.15) is 0 Å². The Bertz CT molecular complexity index is 557. The zero-order chi connectivity index (χ0) is 13.6. The first-order valence-electron chi connectivity index (χ1n) is 5.79. The van der Waals surface area contributed by atoms with Crippen molar-refractivity contribution in [1.29, 1.82) is 0 Å². The molecule has 1 aliphatic rings. The molecule has 0 aromatic heterocycles. The summed E-state index contributed by atoms with van der Waals surface area (Å²) in [5.74, 6) is -0.604. The lowest BCUT2D eigenvalue weighted by Crippen LogP contribution is -2.29. The van der Waals surface area contributed by atoms with Crippen molar-refractivity contribution in [3.63, 3.8) is 0 Å². The van der Waals surface area contributed by atoms with Crippen LogP contribution in [-0.2, 0) is 10.0 Å². The molecule has 2 rings (SSSR count). The number of nitrogens with two attached hydrogens (primary N) is 1. The fourth-order valence-corrected chi connectivity index (χ4v) is 2.82. The van der Waals surface area contributed by atoms with E-state index in [1.165, 1.54) is 13.0 Å². The third-order valence-electron chi connectivity index (χ3n) is 3.46. The Kier molecular flexibility index (Phi) is 3.11. The van der Waals surface area contributed by atoms with Crippen LogP contribution in [0, 0.1) is 18.2 Å². The second kappa shape index (κ2) is 4.20. The minimum Gasteiger partial charge on any atom is -0.398 e. The van der Waals surface area contributed by atoms with Crippen LogP contribution in [0.3, 0.4) is 0 Å². The molecule has 100 valence electrons. The summed E-state index contributed by atoms with van der Waals surface area (Å²) >= 11 is 0. The summed E-state index contributed by atoms with van der Waals surface area (Å²) in [4.78, 5) is -0.118. The molecule has 0 atom stereocenters. The van der Waals surface area contributed by atoms with Gasteiger partial charge in [-0.15, -0.1) is 0 Å². The molecule has 0 saturated heterocycles. The molecule has 0 amide bonds. The van der Waals surface area contributed by atoms with Crippen LogP contribution in [0.15, 0.2) is 17.0 Å². The summed E-state index contributed by atoms with van der Waals surface area (Å²) in [6.45, 7) is 3.91. The smallest absolute Gasteiger partial charge is 0.240 e. The Balaban J connectivity index is 2.24. The second-order valence-electron chi connectivity index (χ2n) is 5.25. The van der Waals surface area contributed by atoms with Gasteiger partial charge < -0.3 is 5.73 Å². The lowest BCUT2D eigenvalue weighted by molar-refractivity contribution is 0.529. The summed E-state index contributed by atoms with van der Waals surface area (Å²) in [5.41, 5.74) is 6.05. The van der Waals surface area contributed by atoms with Crippen molar-refractivity contribution in [2.75, 3.05) is 12.3 Å². The van der Waals surface area contributed by atoms with Crippen molar-refractivity contribution >= 4 is 15.7 Å². The molecule has 1 fully saturated rings. The molecule has 1 saturated carbocycles. The molecule has 3 N–H and O–H groups in total. The standard InChI is InChI=1S/C12H17FN2O2S/c1-8-10(13)5-9(6-11(8)14)18(16,17)15-7-12(2)3-4-12/h5-6,15H,3-4,7,14H2,1-2H3. The highest BCUT2D eigenvalue weighted by Gasteiger charge is 2.38. The van der Waals surface area contributed by atoms with Crippen LogP contribution in [0.1, 0.15) is 25.3 Å². The van der Waals surface area contributed by atoms with Gasteiger partial charge in [-0.25, -0.2) is 17.5 Å². The Morgan fingerprint density at radius 3 is 2.56 bits per heavy atom. The number of anilines is 1. The van der Waals surface area contributed by atoms with Gasteiger partial charge in [-0.3, -0.25) is 0 Å². The first-order chi connectivity index (χ1) is 8.23. The topological polar surface area (TPSA) is 72.2 Å². The number of nitrogens with one attached hydrogen (secondary N) is 1. The fraction of sp³-hybridized carbons (Fsp3) is 0.500. The van der Waals surface area contributed by atoms with E-state index in [4.69, 9.17) is 5.73 Å². The second-order valence-corrected chi connectivity index (χ2v) is 7.02. The number of halogens is 1. The molecule has 4 nitrogen and oxygen atoms in total. The maximum atomic E-state index is 13.5. The lowest BCUT2D eigenvalue weighted by atomic mass is 10.2. The average Bonchev–Trinajstić information content (AvgIpc) is 3.02. The minimum absolute atomic E-state index is 0.0574. The maximum Gasteiger partial charge on any atom is 0.240 e. The van der Waals surface area contributed by atoms with Crippen LogP contribution in [0.2, 0.25) is 0 Å². The highest BCUT2D eigenvalue weighted by atomic mass is 32.2. The predicted octanol–water partition coefficient (Wildman–Crippen LogP) is 1.79. The fourth-order valence-electron chi connectivity index (χ4n) is 1.57. The number of hydrogen-bond donors (Lipinski definition) is 2. The van der Waals surface area contributed by atoms with E-state index in [0.717, 1.165) is 18.9 Å². The summed E-state index contributed by atoms with van der Waals surface area (Å²) in [6, 6.07) is 2.29. The van der Waals surface area contributed by atoms with E-state index >= 15 is 0 Å². The van der Waals surface area contributed by atoms with Crippen molar-refractivity contribution in [3.05, 3.63) is 23.5 Å². The molecule has 0 spiro atoms. The molecule has 1 aliphatic carbocycles. The third-order valence-corrected chi connectivity index (χ3v) is 4.84. The van der Waals surface area contributed by atoms with Crippen molar-refractivity contribution < 1.29 is 12.8 Å². The SMILES string of the molecule is Cc1c(N)cc(S(=O)(=O)NCC2(C)CC2)cc1F. The molecule has 0 bridgehead atoms. The summed E-state index contributed by atoms with van der Waals surface area (Å²) in [6.07, 6.45) is 2.03. The van der Waals surface area contributed by atoms with Gasteiger partial charge in [0.2, 0.25) is 10.0 Å². The normalized spacial score (nSPS) is 17.7. The molecule has 0 heterocycles. The predicted molar refractivity (Wildman–Crippen MR) is 68.1 cm³/mol. The Morgan fingerprint density at radius 2 is 2.06 bits per heavy atom. The molecule has 1 aromatic rings. The summed E-state index contributed by atoms with van der Waals surface area (Å²) < 4.78 is 40.0. The maximum absolute atomic E-state index is 13.5. The van der Waals surface area contributed by atoms with Crippen molar-refractivity contribution in [3.8, 4) is 0 Å². The number of hydrogen-bond acceptors (Lipinski definition) is 3. The number of rotatable bonds is 4. The van der Waals surface area contributed by atoms with Crippen LogP contribution in [0.4, 0.5) is 10.1 Å². The van der Waals surface area contributed by atoms with Gasteiger partial charge in [0.15, 0.2) is 0 Å². The van der Waals surface area contributed by atoms with Crippen molar-refractivity contribution in [2.45, 2.75) is 31.6 Å². The molecule has 18 heavy (non-hydrogen) atoms.